The summed E-state index contributed by atoms with van der Waals surface area (Å²) in [6.07, 6.45) is 0. The molecule has 96 valence electrons. The molecule has 0 saturated carbocycles. The monoisotopic (exact) mass is 245 g/mol. The highest BCUT2D eigenvalue weighted by Crippen LogP contribution is 2.22. The Morgan fingerprint density at radius 2 is 1.83 bits per heavy atom. The number of carbonyl (C=O) groups excluding carboxylic acids is 1. The smallest absolute Gasteiger partial charge is 0.241 e. The zero-order valence-corrected chi connectivity index (χ0v) is 10.6. The van der Waals surface area contributed by atoms with Gasteiger partial charge < -0.3 is 15.5 Å². The van der Waals surface area contributed by atoms with Crippen LogP contribution >= 0.6 is 0 Å². The minimum atomic E-state index is -0.0736. The molecule has 3 rings (SSSR count). The third-order valence-corrected chi connectivity index (χ3v) is 3.79. The summed E-state index contributed by atoms with van der Waals surface area (Å²) in [5.74, 6) is 0.214. The summed E-state index contributed by atoms with van der Waals surface area (Å²) in [5, 5.41) is 6.67. The molecule has 18 heavy (non-hydrogen) atoms. The first kappa shape index (κ1) is 11.7. The quantitative estimate of drug-likeness (QED) is 0.756. The van der Waals surface area contributed by atoms with Gasteiger partial charge in [0.05, 0.1) is 6.04 Å². The van der Waals surface area contributed by atoms with Gasteiger partial charge in [-0.05, 0) is 18.1 Å². The first-order chi connectivity index (χ1) is 8.74. The molecule has 1 amide bonds. The lowest BCUT2D eigenvalue weighted by Crippen LogP contribution is -2.58. The predicted molar refractivity (Wildman–Crippen MR) is 70.0 cm³/mol. The molecule has 1 fully saturated rings. The Balaban J connectivity index is 1.65. The molecule has 2 N–H and O–H groups in total. The summed E-state index contributed by atoms with van der Waals surface area (Å²) in [5.41, 5.74) is 2.56. The predicted octanol–water partition coefficient (Wildman–Crippen LogP) is 0.479. The zero-order chi connectivity index (χ0) is 12.5. The van der Waals surface area contributed by atoms with Crippen molar-refractivity contribution < 1.29 is 4.79 Å². The van der Waals surface area contributed by atoms with Crippen LogP contribution < -0.4 is 10.6 Å². The van der Waals surface area contributed by atoms with Gasteiger partial charge in [0.1, 0.15) is 0 Å². The Hall–Kier alpha value is -1.39. The Morgan fingerprint density at radius 3 is 2.39 bits per heavy atom. The maximum absolute atomic E-state index is 12.4. The number of rotatable bonds is 1. The second kappa shape index (κ2) is 4.71. The van der Waals surface area contributed by atoms with E-state index in [0.29, 0.717) is 6.04 Å². The fraction of sp³-hybridized carbons (Fsp3) is 0.500. The van der Waals surface area contributed by atoms with Gasteiger partial charge in [-0.3, -0.25) is 4.79 Å². The standard InChI is InChI=1S/C14H19N3O/c1-10-6-16-13(7-15-10)14(18)17-8-11-4-2-3-5-12(11)9-17/h2-5,10,13,15-16H,6-9H2,1H3. The van der Waals surface area contributed by atoms with Crippen molar-refractivity contribution in [3.8, 4) is 0 Å². The SMILES string of the molecule is CC1CNC(C(=O)N2Cc3ccccc3C2)CN1. The van der Waals surface area contributed by atoms with Crippen molar-refractivity contribution in [1.29, 1.82) is 0 Å². The molecule has 1 saturated heterocycles. The highest BCUT2D eigenvalue weighted by atomic mass is 16.2. The van der Waals surface area contributed by atoms with Crippen LogP contribution in [0.5, 0.6) is 0 Å². The van der Waals surface area contributed by atoms with Gasteiger partial charge in [0.25, 0.3) is 0 Å². The highest BCUT2D eigenvalue weighted by Gasteiger charge is 2.30. The summed E-state index contributed by atoms with van der Waals surface area (Å²) in [7, 11) is 0. The van der Waals surface area contributed by atoms with Crippen LogP contribution in [0.25, 0.3) is 0 Å². The van der Waals surface area contributed by atoms with E-state index in [1.807, 2.05) is 17.0 Å². The van der Waals surface area contributed by atoms with Crippen molar-refractivity contribution in [2.45, 2.75) is 32.1 Å². The van der Waals surface area contributed by atoms with E-state index in [0.717, 1.165) is 26.2 Å². The van der Waals surface area contributed by atoms with Crippen LogP contribution in [-0.4, -0.2) is 36.0 Å². The molecule has 2 aliphatic rings. The molecule has 0 radical (unpaired) electrons. The first-order valence-corrected chi connectivity index (χ1v) is 6.56. The number of nitrogens with one attached hydrogen (secondary N) is 2. The summed E-state index contributed by atoms with van der Waals surface area (Å²) in [6.45, 7) is 5.22. The topological polar surface area (TPSA) is 44.4 Å². The highest BCUT2D eigenvalue weighted by molar-refractivity contribution is 5.83. The van der Waals surface area contributed by atoms with E-state index in [1.54, 1.807) is 0 Å². The van der Waals surface area contributed by atoms with Gasteiger partial charge >= 0.3 is 0 Å². The molecule has 4 heteroatoms. The van der Waals surface area contributed by atoms with Crippen molar-refractivity contribution in [2.24, 2.45) is 0 Å². The maximum Gasteiger partial charge on any atom is 0.241 e. The second-order valence-corrected chi connectivity index (χ2v) is 5.23. The zero-order valence-electron chi connectivity index (χ0n) is 10.6. The fourth-order valence-corrected chi connectivity index (χ4v) is 2.67. The minimum Gasteiger partial charge on any atom is -0.333 e. The van der Waals surface area contributed by atoms with Crippen LogP contribution in [0.15, 0.2) is 24.3 Å². The fourth-order valence-electron chi connectivity index (χ4n) is 2.67. The van der Waals surface area contributed by atoms with Crippen molar-refractivity contribution in [2.75, 3.05) is 13.1 Å². The number of benzene rings is 1. The van der Waals surface area contributed by atoms with Crippen molar-refractivity contribution >= 4 is 5.91 Å². The van der Waals surface area contributed by atoms with Crippen LogP contribution in [-0.2, 0) is 17.9 Å². The third kappa shape index (κ3) is 2.13. The summed E-state index contributed by atoms with van der Waals surface area (Å²) in [6, 6.07) is 8.67. The van der Waals surface area contributed by atoms with E-state index in [2.05, 4.69) is 29.7 Å². The molecule has 4 nitrogen and oxygen atoms in total. The summed E-state index contributed by atoms with van der Waals surface area (Å²) in [4.78, 5) is 14.3. The lowest BCUT2D eigenvalue weighted by atomic mass is 10.1. The Kier molecular flexibility index (Phi) is 3.06. The van der Waals surface area contributed by atoms with Crippen LogP contribution in [0.4, 0.5) is 0 Å². The number of carbonyl (C=O) groups is 1. The molecule has 2 aliphatic heterocycles. The normalized spacial score (nSPS) is 27.1. The molecule has 1 aromatic carbocycles. The Morgan fingerprint density at radius 1 is 1.17 bits per heavy atom. The maximum atomic E-state index is 12.4. The summed E-state index contributed by atoms with van der Waals surface area (Å²) >= 11 is 0. The van der Waals surface area contributed by atoms with Crippen LogP contribution in [0.1, 0.15) is 18.1 Å². The van der Waals surface area contributed by atoms with E-state index >= 15 is 0 Å². The molecule has 0 aliphatic carbocycles. The van der Waals surface area contributed by atoms with Crippen molar-refractivity contribution in [3.05, 3.63) is 35.4 Å². The Labute approximate surface area is 107 Å². The minimum absolute atomic E-state index is 0.0736. The Bertz CT molecular complexity index is 427. The number of piperazine rings is 1. The molecular formula is C14H19N3O. The van der Waals surface area contributed by atoms with Crippen molar-refractivity contribution in [3.63, 3.8) is 0 Å². The molecule has 0 spiro atoms. The molecule has 0 aromatic heterocycles. The van der Waals surface area contributed by atoms with Gasteiger partial charge in [0, 0.05) is 32.2 Å². The number of fused-ring (bicyclic) bond motifs is 1. The van der Waals surface area contributed by atoms with Crippen LogP contribution in [0.3, 0.4) is 0 Å². The van der Waals surface area contributed by atoms with E-state index in [9.17, 15) is 4.79 Å². The van der Waals surface area contributed by atoms with Gasteiger partial charge in [-0.25, -0.2) is 0 Å². The molecule has 1 aromatic rings. The first-order valence-electron chi connectivity index (χ1n) is 6.56. The lowest BCUT2D eigenvalue weighted by Gasteiger charge is -2.31. The van der Waals surface area contributed by atoms with Gasteiger partial charge in [0.15, 0.2) is 0 Å². The number of amides is 1. The average Bonchev–Trinajstić information content (AvgIpc) is 2.82. The molecule has 2 atom stereocenters. The van der Waals surface area contributed by atoms with E-state index in [-0.39, 0.29) is 11.9 Å². The van der Waals surface area contributed by atoms with Gasteiger partial charge in [0.2, 0.25) is 5.91 Å². The number of nitrogens with zero attached hydrogens (tertiary/aromatic N) is 1. The van der Waals surface area contributed by atoms with Gasteiger partial charge in [-0.15, -0.1) is 0 Å². The molecule has 2 heterocycles. The summed E-state index contributed by atoms with van der Waals surface area (Å²) < 4.78 is 0. The van der Waals surface area contributed by atoms with Gasteiger partial charge in [-0.1, -0.05) is 24.3 Å². The molecule has 0 bridgehead atoms. The van der Waals surface area contributed by atoms with Gasteiger partial charge in [-0.2, -0.15) is 0 Å². The van der Waals surface area contributed by atoms with E-state index in [1.165, 1.54) is 11.1 Å². The van der Waals surface area contributed by atoms with Crippen LogP contribution in [0, 0.1) is 0 Å². The third-order valence-electron chi connectivity index (χ3n) is 3.79. The van der Waals surface area contributed by atoms with Crippen LogP contribution in [0.2, 0.25) is 0 Å². The largest absolute Gasteiger partial charge is 0.333 e. The molecule has 2 unspecified atom stereocenters. The van der Waals surface area contributed by atoms with Crippen molar-refractivity contribution in [1.82, 2.24) is 15.5 Å². The molecular weight excluding hydrogens is 226 g/mol. The average molecular weight is 245 g/mol. The van der Waals surface area contributed by atoms with E-state index in [4.69, 9.17) is 0 Å². The number of hydrogen-bond donors (Lipinski definition) is 2. The van der Waals surface area contributed by atoms with E-state index < -0.39 is 0 Å². The number of hydrogen-bond acceptors (Lipinski definition) is 3. The second-order valence-electron chi connectivity index (χ2n) is 5.23. The lowest BCUT2D eigenvalue weighted by molar-refractivity contribution is -0.134.